The highest BCUT2D eigenvalue weighted by Crippen LogP contribution is 2.37. The molecule has 1 atom stereocenters. The highest BCUT2D eigenvalue weighted by atomic mass is 19.1. The van der Waals surface area contributed by atoms with Gasteiger partial charge in [-0.2, -0.15) is 0 Å². The van der Waals surface area contributed by atoms with Crippen LogP contribution in [0.15, 0.2) is 48.5 Å². The molecule has 0 aromatic heterocycles. The van der Waals surface area contributed by atoms with Gasteiger partial charge in [0.05, 0.1) is 6.04 Å². The van der Waals surface area contributed by atoms with Gasteiger partial charge in [-0.15, -0.1) is 0 Å². The lowest BCUT2D eigenvalue weighted by molar-refractivity contribution is 0.00916. The van der Waals surface area contributed by atoms with Crippen molar-refractivity contribution < 1.29 is 18.7 Å². The van der Waals surface area contributed by atoms with Gasteiger partial charge in [-0.25, -0.2) is 9.18 Å². The van der Waals surface area contributed by atoms with E-state index in [0.29, 0.717) is 24.5 Å². The van der Waals surface area contributed by atoms with Crippen LogP contribution in [-0.4, -0.2) is 23.1 Å². The molecule has 1 unspecified atom stereocenters. The predicted molar refractivity (Wildman–Crippen MR) is 107 cm³/mol. The summed E-state index contributed by atoms with van der Waals surface area (Å²) in [5.41, 5.74) is 1.15. The van der Waals surface area contributed by atoms with Crippen LogP contribution in [0.1, 0.15) is 57.2 Å². The second-order valence-corrected chi connectivity index (χ2v) is 8.14. The smallest absolute Gasteiger partial charge is 0.410 e. The normalized spacial score (nSPS) is 17.3. The summed E-state index contributed by atoms with van der Waals surface area (Å²) in [5, 5.41) is 0. The van der Waals surface area contributed by atoms with Crippen LogP contribution >= 0.6 is 0 Å². The molecule has 2 aromatic rings. The average Bonchev–Trinajstić information content (AvgIpc) is 2.66. The first-order chi connectivity index (χ1) is 13.3. The number of carbonyl (C=O) groups excluding carboxylic acids is 1. The van der Waals surface area contributed by atoms with Gasteiger partial charge in [0.15, 0.2) is 0 Å². The second-order valence-electron chi connectivity index (χ2n) is 8.14. The Morgan fingerprint density at radius 1 is 1.14 bits per heavy atom. The van der Waals surface area contributed by atoms with Crippen molar-refractivity contribution in [1.29, 1.82) is 0 Å². The van der Waals surface area contributed by atoms with Crippen LogP contribution in [0.3, 0.4) is 0 Å². The Morgan fingerprint density at radius 2 is 1.89 bits per heavy atom. The third kappa shape index (κ3) is 5.24. The number of halogens is 1. The molecule has 1 saturated heterocycles. The fraction of sp³-hybridized carbons (Fsp3) is 0.435. The number of benzene rings is 2. The average molecular weight is 385 g/mol. The molecule has 28 heavy (non-hydrogen) atoms. The van der Waals surface area contributed by atoms with Gasteiger partial charge in [0.1, 0.15) is 23.8 Å². The molecule has 1 amide bonds. The number of nitrogens with zero attached hydrogens (tertiary/aromatic N) is 1. The van der Waals surface area contributed by atoms with Crippen molar-refractivity contribution in [3.05, 3.63) is 65.5 Å². The van der Waals surface area contributed by atoms with E-state index in [0.717, 1.165) is 24.8 Å². The topological polar surface area (TPSA) is 38.8 Å². The summed E-state index contributed by atoms with van der Waals surface area (Å²) >= 11 is 0. The van der Waals surface area contributed by atoms with Gasteiger partial charge in [0, 0.05) is 12.1 Å². The Balaban J connectivity index is 1.85. The highest BCUT2D eigenvalue weighted by molar-refractivity contribution is 5.69. The zero-order valence-corrected chi connectivity index (χ0v) is 16.8. The van der Waals surface area contributed by atoms with Crippen molar-refractivity contribution in [2.45, 2.75) is 58.3 Å². The van der Waals surface area contributed by atoms with E-state index < -0.39 is 5.60 Å². The van der Waals surface area contributed by atoms with Crippen LogP contribution in [0.5, 0.6) is 5.75 Å². The molecule has 0 radical (unpaired) electrons. The molecular weight excluding hydrogens is 357 g/mol. The van der Waals surface area contributed by atoms with E-state index in [1.807, 2.05) is 51.1 Å². The molecule has 2 aromatic carbocycles. The Labute approximate surface area is 166 Å². The quantitative estimate of drug-likeness (QED) is 0.661. The lowest BCUT2D eigenvalue weighted by Crippen LogP contribution is -2.42. The monoisotopic (exact) mass is 385 g/mol. The summed E-state index contributed by atoms with van der Waals surface area (Å²) in [5.74, 6) is 0.266. The maximum absolute atomic E-state index is 14.1. The number of rotatable bonds is 4. The largest absolute Gasteiger partial charge is 0.489 e. The lowest BCUT2D eigenvalue weighted by atomic mass is 9.94. The molecule has 4 nitrogen and oxygen atoms in total. The number of amides is 1. The van der Waals surface area contributed by atoms with Crippen LogP contribution in [0.4, 0.5) is 9.18 Å². The van der Waals surface area contributed by atoms with Gasteiger partial charge in [-0.3, -0.25) is 0 Å². The van der Waals surface area contributed by atoms with E-state index in [-0.39, 0.29) is 18.0 Å². The number of piperidine rings is 1. The summed E-state index contributed by atoms with van der Waals surface area (Å²) in [4.78, 5) is 14.4. The van der Waals surface area contributed by atoms with Crippen molar-refractivity contribution in [2.75, 3.05) is 6.54 Å². The SMILES string of the molecule is CC(C)(C)OC(=O)N1CCCCC1c1cc(F)ccc1OCc1ccccc1. The third-order valence-corrected chi connectivity index (χ3v) is 4.70. The number of likely N-dealkylation sites (tertiary alicyclic amines) is 1. The summed E-state index contributed by atoms with van der Waals surface area (Å²) in [7, 11) is 0. The molecule has 0 N–H and O–H groups in total. The minimum Gasteiger partial charge on any atom is -0.489 e. The van der Waals surface area contributed by atoms with Gasteiger partial charge in [0.2, 0.25) is 0 Å². The summed E-state index contributed by atoms with van der Waals surface area (Å²) in [6.07, 6.45) is 2.27. The van der Waals surface area contributed by atoms with Crippen LogP contribution in [0, 0.1) is 5.82 Å². The standard InChI is InChI=1S/C23H28FNO3/c1-23(2,3)28-22(26)25-14-8-7-11-20(25)19-15-18(24)12-13-21(19)27-16-17-9-5-4-6-10-17/h4-6,9-10,12-13,15,20H,7-8,11,14,16H2,1-3H3. The predicted octanol–water partition coefficient (Wildman–Crippen LogP) is 5.87. The van der Waals surface area contributed by atoms with E-state index >= 15 is 0 Å². The Kier molecular flexibility index (Phi) is 6.22. The van der Waals surface area contributed by atoms with Crippen LogP contribution in [-0.2, 0) is 11.3 Å². The van der Waals surface area contributed by atoms with Gasteiger partial charge in [0.25, 0.3) is 0 Å². The number of ether oxygens (including phenoxy) is 2. The molecule has 0 spiro atoms. The molecule has 1 aliphatic rings. The maximum atomic E-state index is 14.1. The van der Waals surface area contributed by atoms with E-state index in [9.17, 15) is 9.18 Å². The summed E-state index contributed by atoms with van der Waals surface area (Å²) < 4.78 is 25.7. The minimum absolute atomic E-state index is 0.259. The molecule has 1 aliphatic heterocycles. The fourth-order valence-electron chi connectivity index (χ4n) is 3.44. The molecule has 1 heterocycles. The zero-order chi connectivity index (χ0) is 20.1. The Hall–Kier alpha value is -2.56. The number of carbonyl (C=O) groups is 1. The van der Waals surface area contributed by atoms with Crippen molar-refractivity contribution >= 4 is 6.09 Å². The summed E-state index contributed by atoms with van der Waals surface area (Å²) in [6.45, 7) is 6.52. The first kappa shape index (κ1) is 20.2. The number of hydrogen-bond acceptors (Lipinski definition) is 3. The maximum Gasteiger partial charge on any atom is 0.410 e. The number of hydrogen-bond donors (Lipinski definition) is 0. The van der Waals surface area contributed by atoms with Crippen LogP contribution < -0.4 is 4.74 Å². The first-order valence-corrected chi connectivity index (χ1v) is 9.79. The minimum atomic E-state index is -0.576. The zero-order valence-electron chi connectivity index (χ0n) is 16.8. The lowest BCUT2D eigenvalue weighted by Gasteiger charge is -2.37. The molecule has 0 aliphatic carbocycles. The molecule has 1 fully saturated rings. The van der Waals surface area contributed by atoms with E-state index in [4.69, 9.17) is 9.47 Å². The van der Waals surface area contributed by atoms with Crippen molar-refractivity contribution in [3.63, 3.8) is 0 Å². The van der Waals surface area contributed by atoms with Crippen molar-refractivity contribution in [3.8, 4) is 5.75 Å². The molecule has 5 heteroatoms. The van der Waals surface area contributed by atoms with E-state index in [1.54, 1.807) is 11.0 Å². The summed E-state index contributed by atoms with van der Waals surface area (Å²) in [6, 6.07) is 14.1. The van der Waals surface area contributed by atoms with Gasteiger partial charge in [-0.05, 0) is 63.8 Å². The second kappa shape index (κ2) is 8.63. The molecule has 150 valence electrons. The van der Waals surface area contributed by atoms with E-state index in [1.165, 1.54) is 12.1 Å². The highest BCUT2D eigenvalue weighted by Gasteiger charge is 2.33. The van der Waals surface area contributed by atoms with Crippen LogP contribution in [0.2, 0.25) is 0 Å². The van der Waals surface area contributed by atoms with Crippen molar-refractivity contribution in [1.82, 2.24) is 4.90 Å². The molecule has 0 saturated carbocycles. The molecular formula is C23H28FNO3. The molecule has 0 bridgehead atoms. The van der Waals surface area contributed by atoms with Gasteiger partial charge in [-0.1, -0.05) is 30.3 Å². The fourth-order valence-corrected chi connectivity index (χ4v) is 3.44. The van der Waals surface area contributed by atoms with E-state index in [2.05, 4.69) is 0 Å². The van der Waals surface area contributed by atoms with Gasteiger partial charge < -0.3 is 14.4 Å². The Bertz CT molecular complexity index is 801. The van der Waals surface area contributed by atoms with Crippen molar-refractivity contribution in [2.24, 2.45) is 0 Å². The first-order valence-electron chi connectivity index (χ1n) is 9.79. The Morgan fingerprint density at radius 3 is 2.61 bits per heavy atom. The van der Waals surface area contributed by atoms with Gasteiger partial charge >= 0.3 is 6.09 Å². The third-order valence-electron chi connectivity index (χ3n) is 4.70. The van der Waals surface area contributed by atoms with Crippen LogP contribution in [0.25, 0.3) is 0 Å². The molecule has 3 rings (SSSR count).